The summed E-state index contributed by atoms with van der Waals surface area (Å²) in [6.45, 7) is 7.25. The van der Waals surface area contributed by atoms with Crippen LogP contribution in [0.1, 0.15) is 64.3 Å². The van der Waals surface area contributed by atoms with E-state index in [-0.39, 0.29) is 47.3 Å². The van der Waals surface area contributed by atoms with Gasteiger partial charge in [0.1, 0.15) is 34.4 Å². The zero-order valence-corrected chi connectivity index (χ0v) is 39.0. The van der Waals surface area contributed by atoms with Crippen molar-refractivity contribution in [2.24, 2.45) is 0 Å². The summed E-state index contributed by atoms with van der Waals surface area (Å²) in [6.07, 6.45) is 14.4. The molecule has 0 saturated heterocycles. The maximum atomic E-state index is 13.4. The smallest absolute Gasteiger partial charge is 0.343 e. The molecule has 0 saturated carbocycles. The molecule has 0 N–H and O–H groups in total. The summed E-state index contributed by atoms with van der Waals surface area (Å²) in [6, 6.07) is 21.9. The van der Waals surface area contributed by atoms with Crippen molar-refractivity contribution in [3.05, 3.63) is 198 Å². The van der Waals surface area contributed by atoms with Crippen molar-refractivity contribution in [3.63, 3.8) is 0 Å². The lowest BCUT2D eigenvalue weighted by atomic mass is 10.1. The van der Waals surface area contributed by atoms with Gasteiger partial charge in [-0.1, -0.05) is 33.7 Å². The lowest BCUT2D eigenvalue weighted by Gasteiger charge is -2.13. The van der Waals surface area contributed by atoms with Crippen molar-refractivity contribution < 1.29 is 29.3 Å². The van der Waals surface area contributed by atoms with Crippen LogP contribution in [0.2, 0.25) is 0 Å². The number of nitrogens with zero attached hydrogens (tertiary/aromatic N) is 6. The van der Waals surface area contributed by atoms with E-state index in [1.165, 1.54) is 36.7 Å². The Morgan fingerprint density at radius 3 is 1.48 bits per heavy atom. The molecule has 4 aromatic carbocycles. The molecule has 8 rings (SSSR count). The molecule has 66 heavy (non-hydrogen) atoms. The van der Waals surface area contributed by atoms with Crippen LogP contribution in [0, 0.1) is 49.7 Å². The van der Waals surface area contributed by atoms with E-state index in [0.29, 0.717) is 50.1 Å². The number of hydrogen-bond acceptors (Lipinski definition) is 10. The number of aromatic nitrogens is 6. The second-order valence-corrected chi connectivity index (χ2v) is 14.6. The van der Waals surface area contributed by atoms with Crippen LogP contribution in [0.4, 0.5) is 8.78 Å². The molecule has 334 valence electrons. The predicted octanol–water partition coefficient (Wildman–Crippen LogP) is 8.94. The lowest BCUT2D eigenvalue weighted by molar-refractivity contribution is 0.0514. The van der Waals surface area contributed by atoms with E-state index < -0.39 is 22.8 Å². The van der Waals surface area contributed by atoms with Gasteiger partial charge in [-0.25, -0.2) is 38.3 Å². The zero-order chi connectivity index (χ0) is 46.6. The van der Waals surface area contributed by atoms with Gasteiger partial charge >= 0.3 is 11.9 Å². The number of pyridine rings is 2. The third kappa shape index (κ3) is 12.1. The zero-order valence-electron chi connectivity index (χ0n) is 36.0. The molecule has 4 heterocycles. The monoisotopic (exact) mass is 971 g/mol. The van der Waals surface area contributed by atoms with E-state index in [1.807, 2.05) is 6.92 Å². The normalized spacial score (nSPS) is 10.2. The van der Waals surface area contributed by atoms with E-state index >= 15 is 0 Å². The second-order valence-electron chi connectivity index (χ2n) is 13.7. The molecule has 4 aromatic heterocycles. The molecular weight excluding hydrogens is 929 g/mol. The molecule has 12 nitrogen and oxygen atoms in total. The van der Waals surface area contributed by atoms with E-state index in [4.69, 9.17) is 15.9 Å². The minimum Gasteiger partial charge on any atom is -0.462 e. The SMILES string of the molecule is C#Cc1cnc(C)nc1.CCOC(=O)c1cn(-c2ccc(F)cc2)c2ccc(Br)cc2c1=O.CCOC(=O)c1cn(-c2ccc(F)cc2)c2ccc(C#Cc3cnc(C)nc3)cc2c1=O.P.[2HH]. The molecule has 16 heteroatoms. The van der Waals surface area contributed by atoms with E-state index in [1.54, 1.807) is 115 Å². The van der Waals surface area contributed by atoms with Crippen LogP contribution in [0.15, 0.2) is 136 Å². The molecule has 0 aliphatic rings. The van der Waals surface area contributed by atoms with E-state index in [0.717, 1.165) is 15.9 Å². The van der Waals surface area contributed by atoms with Crippen LogP contribution < -0.4 is 10.9 Å². The lowest BCUT2D eigenvalue weighted by Crippen LogP contribution is -2.20. The highest BCUT2D eigenvalue weighted by atomic mass is 79.9. The largest absolute Gasteiger partial charge is 0.462 e. The van der Waals surface area contributed by atoms with Crippen molar-refractivity contribution in [2.45, 2.75) is 27.7 Å². The summed E-state index contributed by atoms with van der Waals surface area (Å²) in [5.41, 5.74) is 3.31. The Bertz CT molecular complexity index is 3280. The fourth-order valence-corrected chi connectivity index (χ4v) is 6.48. The maximum absolute atomic E-state index is 13.4. The number of esters is 2. The van der Waals surface area contributed by atoms with Gasteiger partial charge < -0.3 is 18.6 Å². The van der Waals surface area contributed by atoms with Crippen LogP contribution in [-0.2, 0) is 9.47 Å². The molecular formula is C50H42BrF2N6O6P. The molecule has 1 atom stereocenters. The van der Waals surface area contributed by atoms with Gasteiger partial charge in [-0.05, 0) is 113 Å². The molecule has 0 radical (unpaired) electrons. The minimum atomic E-state index is -0.719. The molecule has 0 fully saturated rings. The summed E-state index contributed by atoms with van der Waals surface area (Å²) in [5.74, 6) is 7.63. The summed E-state index contributed by atoms with van der Waals surface area (Å²) < 4.78 is 40.7. The van der Waals surface area contributed by atoms with Crippen molar-refractivity contribution in [2.75, 3.05) is 13.2 Å². The average molecular weight is 973 g/mol. The quantitative estimate of drug-likeness (QED) is 0.0899. The van der Waals surface area contributed by atoms with Crippen LogP contribution in [0.5, 0.6) is 0 Å². The number of fused-ring (bicyclic) bond motifs is 2. The first kappa shape index (κ1) is 49.3. The molecule has 0 aliphatic heterocycles. The first-order valence-electron chi connectivity index (χ1n) is 19.8. The number of carbonyl (C=O) groups excluding carboxylic acids is 2. The predicted molar refractivity (Wildman–Crippen MR) is 259 cm³/mol. The third-order valence-electron chi connectivity index (χ3n) is 9.25. The van der Waals surface area contributed by atoms with Crippen molar-refractivity contribution >= 4 is 59.6 Å². The van der Waals surface area contributed by atoms with Crippen LogP contribution in [-0.4, -0.2) is 54.2 Å². The Hall–Kier alpha value is -7.71. The number of rotatable bonds is 6. The van der Waals surface area contributed by atoms with Gasteiger partial charge in [0.15, 0.2) is 0 Å². The Kier molecular flexibility index (Phi) is 17.0. The molecule has 0 aliphatic carbocycles. The molecule has 1 unspecified atom stereocenters. The molecule has 0 bridgehead atoms. The van der Waals surface area contributed by atoms with Gasteiger partial charge in [0.2, 0.25) is 10.9 Å². The second kappa shape index (κ2) is 22.8. The number of carbonyl (C=O) groups is 2. The Labute approximate surface area is 391 Å². The van der Waals surface area contributed by atoms with Gasteiger partial charge in [-0.3, -0.25) is 9.59 Å². The first-order chi connectivity index (χ1) is 31.3. The topological polar surface area (TPSA) is 148 Å². The average Bonchev–Trinajstić information content (AvgIpc) is 3.31. The maximum Gasteiger partial charge on any atom is 0.343 e. The van der Waals surface area contributed by atoms with Gasteiger partial charge in [0.05, 0.1) is 35.4 Å². The summed E-state index contributed by atoms with van der Waals surface area (Å²) in [7, 11) is 0. The summed E-state index contributed by atoms with van der Waals surface area (Å²) >= 11 is 3.34. The Morgan fingerprint density at radius 2 is 1.05 bits per heavy atom. The number of halogens is 3. The number of aryl methyl sites for hydroxylation is 2. The highest BCUT2D eigenvalue weighted by molar-refractivity contribution is 9.10. The van der Waals surface area contributed by atoms with Crippen molar-refractivity contribution in [1.29, 1.82) is 0 Å². The van der Waals surface area contributed by atoms with Crippen molar-refractivity contribution in [1.82, 2.24) is 29.1 Å². The van der Waals surface area contributed by atoms with Crippen LogP contribution >= 0.6 is 25.8 Å². The number of hydrogen-bond donors (Lipinski definition) is 0. The summed E-state index contributed by atoms with van der Waals surface area (Å²) in [5, 5.41) is 0.672. The van der Waals surface area contributed by atoms with Crippen LogP contribution in [0.3, 0.4) is 0 Å². The Morgan fingerprint density at radius 1 is 0.636 bits per heavy atom. The minimum absolute atomic E-state index is 0. The fourth-order valence-electron chi connectivity index (χ4n) is 6.12. The Balaban J connectivity index is 0.000000246. The van der Waals surface area contributed by atoms with Crippen LogP contribution in [0.25, 0.3) is 33.2 Å². The molecule has 8 aromatic rings. The highest BCUT2D eigenvalue weighted by Gasteiger charge is 2.19. The van der Waals surface area contributed by atoms with Gasteiger partial charge in [-0.2, -0.15) is 9.90 Å². The van der Waals surface area contributed by atoms with Gasteiger partial charge in [0, 0.05) is 70.8 Å². The molecule has 0 spiro atoms. The number of terminal acetylenes is 1. The number of ether oxygens (including phenoxy) is 2. The first-order valence-corrected chi connectivity index (χ1v) is 20.6. The van der Waals surface area contributed by atoms with Gasteiger partial charge in [-0.15, -0.1) is 6.42 Å². The van der Waals surface area contributed by atoms with Gasteiger partial charge in [0.25, 0.3) is 0 Å². The third-order valence-corrected chi connectivity index (χ3v) is 9.74. The van der Waals surface area contributed by atoms with Crippen molar-refractivity contribution in [3.8, 4) is 35.6 Å². The highest BCUT2D eigenvalue weighted by Crippen LogP contribution is 2.23. The standard InChI is InChI=1S/C25H18FN3O3.C18H13BrFNO3.C7H6N2.H3P.H2/c1-3-32-25(31)22-15-29(20-9-7-19(26)8-10-20)23-11-6-17(12-21(23)24(22)30)4-5-18-13-27-16(2)28-14-18;1-2-24-18(23)15-10-21(13-6-4-12(20)5-7-13)16-8-3-11(19)9-14(16)17(15)22;1-3-7-4-8-6(2)9-5-7;;/h6-15H,3H2,1-2H3;3-10H,2H2,1H3;1,4-5H,2H3;1H3;1H/i;;;;1+1. The van der Waals surface area contributed by atoms with E-state index in [2.05, 4.69) is 53.6 Å². The summed E-state index contributed by atoms with van der Waals surface area (Å²) in [4.78, 5) is 66.3. The fraction of sp³-hybridized carbons (Fsp3) is 0.120. The molecule has 0 amide bonds. The number of benzene rings is 4. The van der Waals surface area contributed by atoms with E-state index in [9.17, 15) is 28.0 Å².